The van der Waals surface area contributed by atoms with Crippen LogP contribution >= 0.6 is 11.3 Å². The summed E-state index contributed by atoms with van der Waals surface area (Å²) >= 11 is 1.82. The van der Waals surface area contributed by atoms with Crippen LogP contribution in [0.15, 0.2) is 60.7 Å². The van der Waals surface area contributed by atoms with E-state index in [0.29, 0.717) is 12.5 Å². The van der Waals surface area contributed by atoms with Gasteiger partial charge in [-0.05, 0) is 35.6 Å². The predicted octanol–water partition coefficient (Wildman–Crippen LogP) is 5.94. The molecule has 1 aromatic carbocycles. The highest BCUT2D eigenvalue weighted by Gasteiger charge is 2.08. The van der Waals surface area contributed by atoms with Crippen molar-refractivity contribution in [2.45, 2.75) is 38.9 Å². The Hall–Kier alpha value is -1.64. The standard InChI is InChI=1S/C20H22OS/c1-15(2)16-8-10-17(11-9-16)20-13-12-19(22-20)14-21-18-6-4-3-5-7-18/h3-6,8-13,15,18H,7,14H2,1-2H3. The number of benzene rings is 1. The SMILES string of the molecule is CC(C)c1ccc(-c2ccc(COC3C=CC=CC3)s2)cc1. The highest BCUT2D eigenvalue weighted by Crippen LogP contribution is 2.30. The van der Waals surface area contributed by atoms with Gasteiger partial charge in [-0.25, -0.2) is 0 Å². The maximum atomic E-state index is 5.94. The molecule has 1 heterocycles. The fourth-order valence-electron chi connectivity index (χ4n) is 2.51. The molecule has 0 aliphatic heterocycles. The third kappa shape index (κ3) is 3.76. The molecular weight excluding hydrogens is 288 g/mol. The second-order valence-electron chi connectivity index (χ2n) is 5.94. The van der Waals surface area contributed by atoms with E-state index in [2.05, 4.69) is 74.5 Å². The number of allylic oxidation sites excluding steroid dienone is 2. The van der Waals surface area contributed by atoms with Gasteiger partial charge in [0.25, 0.3) is 0 Å². The summed E-state index contributed by atoms with van der Waals surface area (Å²) in [5.74, 6) is 0.582. The fourth-order valence-corrected chi connectivity index (χ4v) is 3.45. The minimum absolute atomic E-state index is 0.223. The van der Waals surface area contributed by atoms with Crippen molar-refractivity contribution < 1.29 is 4.74 Å². The predicted molar refractivity (Wildman–Crippen MR) is 95.3 cm³/mol. The minimum atomic E-state index is 0.223. The molecule has 1 unspecified atom stereocenters. The van der Waals surface area contributed by atoms with Crippen LogP contribution in [0.5, 0.6) is 0 Å². The van der Waals surface area contributed by atoms with E-state index in [4.69, 9.17) is 4.74 Å². The van der Waals surface area contributed by atoms with Crippen LogP contribution in [0.3, 0.4) is 0 Å². The summed E-state index contributed by atoms with van der Waals surface area (Å²) in [6.07, 6.45) is 9.61. The van der Waals surface area contributed by atoms with Crippen LogP contribution in [0.25, 0.3) is 10.4 Å². The van der Waals surface area contributed by atoms with Crippen LogP contribution in [0.1, 0.15) is 36.6 Å². The molecule has 0 N–H and O–H groups in total. The second-order valence-corrected chi connectivity index (χ2v) is 7.11. The molecule has 0 saturated carbocycles. The van der Waals surface area contributed by atoms with Gasteiger partial charge in [0.05, 0.1) is 12.7 Å². The Labute approximate surface area is 137 Å². The van der Waals surface area contributed by atoms with E-state index in [1.807, 2.05) is 11.3 Å². The maximum absolute atomic E-state index is 5.94. The van der Waals surface area contributed by atoms with Crippen molar-refractivity contribution in [1.82, 2.24) is 0 Å². The third-order valence-electron chi connectivity index (χ3n) is 3.90. The van der Waals surface area contributed by atoms with Gasteiger partial charge < -0.3 is 4.74 Å². The normalized spacial score (nSPS) is 17.3. The Balaban J connectivity index is 1.63. The van der Waals surface area contributed by atoms with Gasteiger partial charge in [-0.2, -0.15) is 0 Å². The molecule has 3 rings (SSSR count). The Kier molecular flexibility index (Phi) is 4.91. The first-order valence-electron chi connectivity index (χ1n) is 7.86. The average Bonchev–Trinajstić information content (AvgIpc) is 3.03. The van der Waals surface area contributed by atoms with Gasteiger partial charge in [0, 0.05) is 9.75 Å². The molecule has 0 spiro atoms. The molecule has 1 aliphatic carbocycles. The zero-order valence-electron chi connectivity index (χ0n) is 13.2. The Bertz CT molecular complexity index is 661. The van der Waals surface area contributed by atoms with Gasteiger partial charge in [-0.3, -0.25) is 0 Å². The number of thiophene rings is 1. The number of hydrogen-bond donors (Lipinski definition) is 0. The van der Waals surface area contributed by atoms with E-state index in [1.54, 1.807) is 0 Å². The molecule has 0 bridgehead atoms. The fraction of sp³-hybridized carbons (Fsp3) is 0.300. The molecule has 1 aromatic heterocycles. The highest BCUT2D eigenvalue weighted by molar-refractivity contribution is 7.15. The molecule has 1 nitrogen and oxygen atoms in total. The molecule has 2 aromatic rings. The monoisotopic (exact) mass is 310 g/mol. The maximum Gasteiger partial charge on any atom is 0.0817 e. The lowest BCUT2D eigenvalue weighted by Crippen LogP contribution is -2.09. The van der Waals surface area contributed by atoms with Gasteiger partial charge in [-0.15, -0.1) is 11.3 Å². The van der Waals surface area contributed by atoms with Gasteiger partial charge in [0.2, 0.25) is 0 Å². The molecule has 2 heteroatoms. The Morgan fingerprint density at radius 2 is 1.91 bits per heavy atom. The number of ether oxygens (including phenoxy) is 1. The van der Waals surface area contributed by atoms with Crippen LogP contribution in [-0.4, -0.2) is 6.10 Å². The van der Waals surface area contributed by atoms with E-state index in [-0.39, 0.29) is 6.10 Å². The van der Waals surface area contributed by atoms with Gasteiger partial charge >= 0.3 is 0 Å². The van der Waals surface area contributed by atoms with E-state index in [0.717, 1.165) is 6.42 Å². The van der Waals surface area contributed by atoms with Crippen molar-refractivity contribution in [2.75, 3.05) is 0 Å². The van der Waals surface area contributed by atoms with Crippen molar-refractivity contribution in [3.05, 3.63) is 71.1 Å². The zero-order valence-corrected chi connectivity index (χ0v) is 14.0. The molecule has 114 valence electrons. The van der Waals surface area contributed by atoms with E-state index >= 15 is 0 Å². The summed E-state index contributed by atoms with van der Waals surface area (Å²) in [6, 6.07) is 13.3. The molecule has 0 radical (unpaired) electrons. The van der Waals surface area contributed by atoms with E-state index < -0.39 is 0 Å². The van der Waals surface area contributed by atoms with Gasteiger partial charge in [0.1, 0.15) is 0 Å². The first-order chi connectivity index (χ1) is 10.7. The van der Waals surface area contributed by atoms with Gasteiger partial charge in [0.15, 0.2) is 0 Å². The molecule has 0 saturated heterocycles. The molecule has 22 heavy (non-hydrogen) atoms. The Morgan fingerprint density at radius 3 is 2.59 bits per heavy atom. The second kappa shape index (κ2) is 7.08. The lowest BCUT2D eigenvalue weighted by molar-refractivity contribution is 0.0751. The number of rotatable bonds is 5. The molecule has 0 amide bonds. The number of hydrogen-bond acceptors (Lipinski definition) is 2. The van der Waals surface area contributed by atoms with E-state index in [1.165, 1.54) is 20.9 Å². The van der Waals surface area contributed by atoms with Crippen molar-refractivity contribution >= 4 is 11.3 Å². The van der Waals surface area contributed by atoms with Crippen molar-refractivity contribution in [1.29, 1.82) is 0 Å². The first kappa shape index (κ1) is 15.3. The summed E-state index contributed by atoms with van der Waals surface area (Å²) in [7, 11) is 0. The molecular formula is C20H22OS. The summed E-state index contributed by atoms with van der Waals surface area (Å²) in [4.78, 5) is 2.60. The Morgan fingerprint density at radius 1 is 1.09 bits per heavy atom. The summed E-state index contributed by atoms with van der Waals surface area (Å²) in [5, 5.41) is 0. The molecule has 0 fully saturated rings. The summed E-state index contributed by atoms with van der Waals surface area (Å²) in [5.41, 5.74) is 2.68. The summed E-state index contributed by atoms with van der Waals surface area (Å²) < 4.78 is 5.94. The van der Waals surface area contributed by atoms with Crippen molar-refractivity contribution in [2.24, 2.45) is 0 Å². The topological polar surface area (TPSA) is 9.23 Å². The van der Waals surface area contributed by atoms with Crippen molar-refractivity contribution in [3.63, 3.8) is 0 Å². The molecule has 1 atom stereocenters. The van der Waals surface area contributed by atoms with Crippen LogP contribution in [0.4, 0.5) is 0 Å². The zero-order chi connectivity index (χ0) is 15.4. The quantitative estimate of drug-likeness (QED) is 0.664. The first-order valence-corrected chi connectivity index (χ1v) is 8.68. The van der Waals surface area contributed by atoms with Crippen LogP contribution < -0.4 is 0 Å². The van der Waals surface area contributed by atoms with Crippen LogP contribution in [0, 0.1) is 0 Å². The average molecular weight is 310 g/mol. The molecule has 1 aliphatic rings. The lowest BCUT2D eigenvalue weighted by Gasteiger charge is -2.13. The van der Waals surface area contributed by atoms with Crippen molar-refractivity contribution in [3.8, 4) is 10.4 Å². The van der Waals surface area contributed by atoms with Crippen LogP contribution in [0.2, 0.25) is 0 Å². The van der Waals surface area contributed by atoms with Gasteiger partial charge in [-0.1, -0.05) is 62.4 Å². The lowest BCUT2D eigenvalue weighted by atomic mass is 10.0. The minimum Gasteiger partial charge on any atom is -0.368 e. The highest BCUT2D eigenvalue weighted by atomic mass is 32.1. The smallest absolute Gasteiger partial charge is 0.0817 e. The van der Waals surface area contributed by atoms with Crippen LogP contribution in [-0.2, 0) is 11.3 Å². The van der Waals surface area contributed by atoms with E-state index in [9.17, 15) is 0 Å². The largest absolute Gasteiger partial charge is 0.368 e. The third-order valence-corrected chi connectivity index (χ3v) is 5.01. The summed E-state index contributed by atoms with van der Waals surface area (Å²) in [6.45, 7) is 5.15.